The van der Waals surface area contributed by atoms with Crippen molar-refractivity contribution < 1.29 is 13.5 Å². The molecule has 0 amide bonds. The van der Waals surface area contributed by atoms with Gasteiger partial charge in [-0.2, -0.15) is 4.31 Å². The number of likely N-dealkylation sites (N-methyl/N-ethyl adjacent to an activating group) is 1. The fourth-order valence-electron chi connectivity index (χ4n) is 3.16. The normalized spacial score (nSPS) is 33.5. The van der Waals surface area contributed by atoms with E-state index in [4.69, 9.17) is 0 Å². The van der Waals surface area contributed by atoms with Crippen LogP contribution < -0.4 is 5.32 Å². The van der Waals surface area contributed by atoms with Crippen molar-refractivity contribution in [2.24, 2.45) is 0 Å². The maximum atomic E-state index is 12.4. The lowest BCUT2D eigenvalue weighted by molar-refractivity contribution is 0.0637. The summed E-state index contributed by atoms with van der Waals surface area (Å²) in [5.41, 5.74) is 0. The standard InChI is InChI=1S/C13H26N2O3S/c1-15(12-7-2-3-8-13(12)16)19(17,18)10-11-6-4-5-9-14-11/h11-14,16H,2-10H2,1H3. The number of sulfonamides is 1. The summed E-state index contributed by atoms with van der Waals surface area (Å²) in [5, 5.41) is 13.3. The first kappa shape index (κ1) is 15.2. The molecular weight excluding hydrogens is 264 g/mol. The summed E-state index contributed by atoms with van der Waals surface area (Å²) in [4.78, 5) is 0. The van der Waals surface area contributed by atoms with Crippen LogP contribution in [0.15, 0.2) is 0 Å². The van der Waals surface area contributed by atoms with Gasteiger partial charge in [0.15, 0.2) is 0 Å². The van der Waals surface area contributed by atoms with Crippen LogP contribution in [0.1, 0.15) is 44.9 Å². The van der Waals surface area contributed by atoms with E-state index in [1.165, 1.54) is 4.31 Å². The van der Waals surface area contributed by atoms with Gasteiger partial charge >= 0.3 is 0 Å². The second-order valence-corrected chi connectivity index (χ2v) is 7.93. The molecule has 3 unspecified atom stereocenters. The Kier molecular flexibility index (Phi) is 5.22. The van der Waals surface area contributed by atoms with Gasteiger partial charge < -0.3 is 10.4 Å². The van der Waals surface area contributed by atoms with E-state index in [1.54, 1.807) is 7.05 Å². The van der Waals surface area contributed by atoms with E-state index >= 15 is 0 Å². The molecule has 2 N–H and O–H groups in total. The highest BCUT2D eigenvalue weighted by Crippen LogP contribution is 2.25. The number of hydrogen-bond donors (Lipinski definition) is 2. The molecule has 0 aromatic carbocycles. The first-order valence-corrected chi connectivity index (χ1v) is 8.99. The Morgan fingerprint density at radius 3 is 2.47 bits per heavy atom. The van der Waals surface area contributed by atoms with Crippen molar-refractivity contribution in [2.75, 3.05) is 19.3 Å². The molecule has 2 rings (SSSR count). The number of piperidine rings is 1. The maximum absolute atomic E-state index is 12.4. The third-order valence-corrected chi connectivity index (χ3v) is 6.40. The van der Waals surface area contributed by atoms with E-state index in [0.717, 1.165) is 45.1 Å². The molecule has 0 spiro atoms. The summed E-state index contributed by atoms with van der Waals surface area (Å²) in [6.45, 7) is 0.913. The highest BCUT2D eigenvalue weighted by atomic mass is 32.2. The zero-order valence-corrected chi connectivity index (χ0v) is 12.5. The van der Waals surface area contributed by atoms with Gasteiger partial charge in [0.25, 0.3) is 0 Å². The second-order valence-electron chi connectivity index (χ2n) is 5.86. The van der Waals surface area contributed by atoms with Crippen LogP contribution in [0.4, 0.5) is 0 Å². The van der Waals surface area contributed by atoms with Crippen LogP contribution in [-0.2, 0) is 10.0 Å². The van der Waals surface area contributed by atoms with Crippen LogP contribution in [0.25, 0.3) is 0 Å². The maximum Gasteiger partial charge on any atom is 0.215 e. The van der Waals surface area contributed by atoms with Gasteiger partial charge in [-0.3, -0.25) is 0 Å². The van der Waals surface area contributed by atoms with Gasteiger partial charge in [0.05, 0.1) is 17.9 Å². The predicted molar refractivity (Wildman–Crippen MR) is 75.5 cm³/mol. The van der Waals surface area contributed by atoms with Crippen LogP contribution in [0, 0.1) is 0 Å². The minimum Gasteiger partial charge on any atom is -0.391 e. The monoisotopic (exact) mass is 290 g/mol. The Morgan fingerprint density at radius 2 is 1.84 bits per heavy atom. The average Bonchev–Trinajstić information content (AvgIpc) is 2.39. The van der Waals surface area contributed by atoms with Crippen molar-refractivity contribution >= 4 is 10.0 Å². The van der Waals surface area contributed by atoms with Crippen molar-refractivity contribution in [2.45, 2.75) is 63.1 Å². The van der Waals surface area contributed by atoms with Crippen molar-refractivity contribution in [1.82, 2.24) is 9.62 Å². The first-order chi connectivity index (χ1) is 9.00. The summed E-state index contributed by atoms with van der Waals surface area (Å²) < 4.78 is 26.3. The lowest BCUT2D eigenvalue weighted by atomic mass is 9.93. The lowest BCUT2D eigenvalue weighted by Gasteiger charge is -2.35. The van der Waals surface area contributed by atoms with Crippen molar-refractivity contribution in [3.63, 3.8) is 0 Å². The Hall–Kier alpha value is -0.170. The van der Waals surface area contributed by atoms with E-state index in [0.29, 0.717) is 6.42 Å². The minimum atomic E-state index is -3.28. The van der Waals surface area contributed by atoms with Crippen LogP contribution in [0.2, 0.25) is 0 Å². The molecule has 1 aliphatic heterocycles. The zero-order valence-electron chi connectivity index (χ0n) is 11.7. The molecule has 5 nitrogen and oxygen atoms in total. The molecule has 1 saturated heterocycles. The molecule has 0 aromatic heterocycles. The van der Waals surface area contributed by atoms with Crippen LogP contribution in [0.3, 0.4) is 0 Å². The van der Waals surface area contributed by atoms with E-state index < -0.39 is 16.1 Å². The Morgan fingerprint density at radius 1 is 1.16 bits per heavy atom. The van der Waals surface area contributed by atoms with Gasteiger partial charge in [0.2, 0.25) is 10.0 Å². The molecule has 0 aromatic rings. The van der Waals surface area contributed by atoms with E-state index in [-0.39, 0.29) is 17.8 Å². The first-order valence-electron chi connectivity index (χ1n) is 7.38. The fraction of sp³-hybridized carbons (Fsp3) is 1.00. The molecular formula is C13H26N2O3S. The molecule has 0 bridgehead atoms. The van der Waals surface area contributed by atoms with Crippen LogP contribution in [-0.4, -0.2) is 55.4 Å². The summed E-state index contributed by atoms with van der Waals surface area (Å²) in [6, 6.07) is -0.163. The van der Waals surface area contributed by atoms with E-state index in [1.807, 2.05) is 0 Å². The summed E-state index contributed by atoms with van der Waals surface area (Å²) >= 11 is 0. The predicted octanol–water partition coefficient (Wildman–Crippen LogP) is 0.694. The quantitative estimate of drug-likeness (QED) is 0.799. The number of nitrogens with one attached hydrogen (secondary N) is 1. The molecule has 2 fully saturated rings. The molecule has 2 aliphatic rings. The van der Waals surface area contributed by atoms with E-state index in [9.17, 15) is 13.5 Å². The Bertz CT molecular complexity index is 379. The Balaban J connectivity index is 1.97. The SMILES string of the molecule is CN(C1CCCCC1O)S(=O)(=O)CC1CCCCN1. The van der Waals surface area contributed by atoms with Crippen molar-refractivity contribution in [1.29, 1.82) is 0 Å². The molecule has 3 atom stereocenters. The fourth-order valence-corrected chi connectivity index (χ4v) is 4.85. The molecule has 1 aliphatic carbocycles. The molecule has 19 heavy (non-hydrogen) atoms. The van der Waals surface area contributed by atoms with Gasteiger partial charge in [0.1, 0.15) is 0 Å². The average molecular weight is 290 g/mol. The summed E-state index contributed by atoms with van der Waals surface area (Å²) in [5.74, 6) is 0.159. The molecule has 0 radical (unpaired) electrons. The van der Waals surface area contributed by atoms with Gasteiger partial charge in [-0.25, -0.2) is 8.42 Å². The molecule has 6 heteroatoms. The molecule has 112 valence electrons. The van der Waals surface area contributed by atoms with Crippen molar-refractivity contribution in [3.8, 4) is 0 Å². The lowest BCUT2D eigenvalue weighted by Crippen LogP contribution is -2.50. The largest absolute Gasteiger partial charge is 0.391 e. The van der Waals surface area contributed by atoms with Crippen LogP contribution >= 0.6 is 0 Å². The Labute approximate surface area is 116 Å². The number of nitrogens with zero attached hydrogens (tertiary/aromatic N) is 1. The smallest absolute Gasteiger partial charge is 0.215 e. The highest BCUT2D eigenvalue weighted by molar-refractivity contribution is 7.89. The van der Waals surface area contributed by atoms with Gasteiger partial charge in [-0.1, -0.05) is 19.3 Å². The van der Waals surface area contributed by atoms with Gasteiger partial charge in [0, 0.05) is 13.1 Å². The van der Waals surface area contributed by atoms with Gasteiger partial charge in [-0.05, 0) is 32.2 Å². The number of rotatable bonds is 4. The third kappa shape index (κ3) is 3.90. The highest BCUT2D eigenvalue weighted by Gasteiger charge is 2.34. The summed E-state index contributed by atoms with van der Waals surface area (Å²) in [7, 11) is -1.66. The topological polar surface area (TPSA) is 69.6 Å². The second kappa shape index (κ2) is 6.52. The van der Waals surface area contributed by atoms with Crippen LogP contribution in [0.5, 0.6) is 0 Å². The van der Waals surface area contributed by atoms with E-state index in [2.05, 4.69) is 5.32 Å². The molecule has 1 heterocycles. The zero-order chi connectivity index (χ0) is 13.9. The van der Waals surface area contributed by atoms with Crippen molar-refractivity contribution in [3.05, 3.63) is 0 Å². The number of aliphatic hydroxyl groups excluding tert-OH is 1. The number of aliphatic hydroxyl groups is 1. The van der Waals surface area contributed by atoms with Gasteiger partial charge in [-0.15, -0.1) is 0 Å². The number of hydrogen-bond acceptors (Lipinski definition) is 4. The third-order valence-electron chi connectivity index (χ3n) is 4.42. The minimum absolute atomic E-state index is 0.0712. The molecule has 1 saturated carbocycles. The summed E-state index contributed by atoms with van der Waals surface area (Å²) in [6.07, 6.45) is 6.14.